The zero-order chi connectivity index (χ0) is 15.4. The van der Waals surface area contributed by atoms with Crippen molar-refractivity contribution < 1.29 is 9.13 Å². The molecule has 21 heavy (non-hydrogen) atoms. The van der Waals surface area contributed by atoms with Crippen molar-refractivity contribution in [3.8, 4) is 5.75 Å². The van der Waals surface area contributed by atoms with E-state index in [9.17, 15) is 4.39 Å². The highest BCUT2D eigenvalue weighted by atomic mass is 19.1. The Hall–Kier alpha value is -2.64. The summed E-state index contributed by atoms with van der Waals surface area (Å²) in [6.45, 7) is 0. The standard InChI is InChI=1S/C13H17FN6O/c1-15-11-17-12(19-13(18-11)20(2)3)16-10-7-8(21-4)5-6-9(10)14/h5-7H,1-4H3,(H2,15,16,17,18,19). The molecule has 0 aliphatic heterocycles. The minimum atomic E-state index is -0.423. The van der Waals surface area contributed by atoms with Gasteiger partial charge in [-0.3, -0.25) is 0 Å². The summed E-state index contributed by atoms with van der Waals surface area (Å²) in [5.74, 6) is 1.20. The first kappa shape index (κ1) is 14.8. The molecule has 0 spiro atoms. The highest BCUT2D eigenvalue weighted by Crippen LogP contribution is 2.24. The van der Waals surface area contributed by atoms with Crippen LogP contribution in [0.1, 0.15) is 0 Å². The molecule has 0 saturated heterocycles. The van der Waals surface area contributed by atoms with Crippen molar-refractivity contribution >= 4 is 23.5 Å². The molecular weight excluding hydrogens is 275 g/mol. The second-order valence-electron chi connectivity index (χ2n) is 4.40. The lowest BCUT2D eigenvalue weighted by Gasteiger charge is -2.13. The van der Waals surface area contributed by atoms with Crippen LogP contribution in [0.2, 0.25) is 0 Å². The lowest BCUT2D eigenvalue weighted by molar-refractivity contribution is 0.414. The Morgan fingerprint density at radius 3 is 2.48 bits per heavy atom. The van der Waals surface area contributed by atoms with Gasteiger partial charge in [0.1, 0.15) is 11.6 Å². The fourth-order valence-corrected chi connectivity index (χ4v) is 1.58. The fraction of sp³-hybridized carbons (Fsp3) is 0.308. The number of nitrogens with zero attached hydrogens (tertiary/aromatic N) is 4. The van der Waals surface area contributed by atoms with Gasteiger partial charge >= 0.3 is 0 Å². The molecule has 0 saturated carbocycles. The quantitative estimate of drug-likeness (QED) is 0.871. The number of hydrogen-bond acceptors (Lipinski definition) is 7. The van der Waals surface area contributed by atoms with Crippen LogP contribution in [0.5, 0.6) is 5.75 Å². The molecule has 0 bridgehead atoms. The third kappa shape index (κ3) is 3.47. The van der Waals surface area contributed by atoms with Gasteiger partial charge in [0.15, 0.2) is 0 Å². The van der Waals surface area contributed by atoms with E-state index in [1.807, 2.05) is 14.1 Å². The molecule has 0 fully saturated rings. The zero-order valence-corrected chi connectivity index (χ0v) is 12.3. The third-order valence-electron chi connectivity index (χ3n) is 2.67. The number of anilines is 4. The van der Waals surface area contributed by atoms with Crippen molar-refractivity contribution in [2.75, 3.05) is 43.8 Å². The lowest BCUT2D eigenvalue weighted by Crippen LogP contribution is -2.15. The van der Waals surface area contributed by atoms with E-state index in [2.05, 4.69) is 25.6 Å². The van der Waals surface area contributed by atoms with E-state index >= 15 is 0 Å². The summed E-state index contributed by atoms with van der Waals surface area (Å²) < 4.78 is 18.9. The first-order valence-corrected chi connectivity index (χ1v) is 6.25. The number of ether oxygens (including phenoxy) is 1. The van der Waals surface area contributed by atoms with E-state index < -0.39 is 5.82 Å². The number of halogens is 1. The van der Waals surface area contributed by atoms with Crippen LogP contribution in [0, 0.1) is 5.82 Å². The Kier molecular flexibility index (Phi) is 4.36. The Morgan fingerprint density at radius 1 is 1.14 bits per heavy atom. The van der Waals surface area contributed by atoms with E-state index in [1.54, 1.807) is 11.9 Å². The van der Waals surface area contributed by atoms with Gasteiger partial charge in [0.05, 0.1) is 12.8 Å². The summed E-state index contributed by atoms with van der Waals surface area (Å²) in [6, 6.07) is 4.39. The average molecular weight is 292 g/mol. The molecule has 2 rings (SSSR count). The minimum absolute atomic E-state index is 0.229. The van der Waals surface area contributed by atoms with Crippen molar-refractivity contribution in [3.63, 3.8) is 0 Å². The molecule has 0 aliphatic carbocycles. The van der Waals surface area contributed by atoms with Crippen LogP contribution in [0.4, 0.5) is 27.9 Å². The molecule has 0 atom stereocenters. The molecule has 7 nitrogen and oxygen atoms in total. The Bertz CT molecular complexity index is 634. The molecule has 0 radical (unpaired) electrons. The molecule has 0 aliphatic rings. The van der Waals surface area contributed by atoms with Gasteiger partial charge in [-0.2, -0.15) is 15.0 Å². The predicted octanol–water partition coefficient (Wildman–Crippen LogP) is 1.87. The van der Waals surface area contributed by atoms with Crippen LogP contribution < -0.4 is 20.3 Å². The summed E-state index contributed by atoms with van der Waals surface area (Å²) in [7, 11) is 6.84. The van der Waals surface area contributed by atoms with Crippen LogP contribution in [0.3, 0.4) is 0 Å². The highest BCUT2D eigenvalue weighted by Gasteiger charge is 2.10. The second kappa shape index (κ2) is 6.21. The first-order valence-electron chi connectivity index (χ1n) is 6.25. The second-order valence-corrected chi connectivity index (χ2v) is 4.40. The predicted molar refractivity (Wildman–Crippen MR) is 79.9 cm³/mol. The van der Waals surface area contributed by atoms with Crippen LogP contribution in [-0.4, -0.2) is 43.2 Å². The molecule has 0 unspecified atom stereocenters. The van der Waals surface area contributed by atoms with E-state index in [1.165, 1.54) is 25.3 Å². The highest BCUT2D eigenvalue weighted by molar-refractivity contribution is 5.58. The molecular formula is C13H17FN6O. The van der Waals surface area contributed by atoms with E-state index in [0.717, 1.165) is 0 Å². The van der Waals surface area contributed by atoms with Gasteiger partial charge in [-0.25, -0.2) is 4.39 Å². The Morgan fingerprint density at radius 2 is 1.86 bits per heavy atom. The Labute approximate surface area is 122 Å². The van der Waals surface area contributed by atoms with Crippen molar-refractivity contribution in [3.05, 3.63) is 24.0 Å². The van der Waals surface area contributed by atoms with Gasteiger partial charge < -0.3 is 20.3 Å². The summed E-state index contributed by atoms with van der Waals surface area (Å²) in [5, 5.41) is 5.67. The molecule has 8 heteroatoms. The first-order chi connectivity index (χ1) is 10.0. The van der Waals surface area contributed by atoms with Crippen molar-refractivity contribution in [2.45, 2.75) is 0 Å². The summed E-state index contributed by atoms with van der Waals surface area (Å²) in [5.41, 5.74) is 0.229. The van der Waals surface area contributed by atoms with Gasteiger partial charge in [-0.1, -0.05) is 0 Å². The zero-order valence-electron chi connectivity index (χ0n) is 12.3. The van der Waals surface area contributed by atoms with E-state index in [0.29, 0.717) is 17.6 Å². The molecule has 1 aromatic heterocycles. The van der Waals surface area contributed by atoms with Crippen LogP contribution in [0.15, 0.2) is 18.2 Å². The largest absolute Gasteiger partial charge is 0.497 e. The number of methoxy groups -OCH3 is 1. The molecule has 0 amide bonds. The molecule has 1 aromatic carbocycles. The third-order valence-corrected chi connectivity index (χ3v) is 2.67. The minimum Gasteiger partial charge on any atom is -0.497 e. The van der Waals surface area contributed by atoms with Crippen LogP contribution in [-0.2, 0) is 0 Å². The topological polar surface area (TPSA) is 75.2 Å². The summed E-state index contributed by atoms with van der Waals surface area (Å²) in [4.78, 5) is 14.3. The maximum Gasteiger partial charge on any atom is 0.233 e. The number of rotatable bonds is 5. The van der Waals surface area contributed by atoms with Gasteiger partial charge in [0, 0.05) is 27.2 Å². The number of aromatic nitrogens is 3. The SMILES string of the molecule is CNc1nc(Nc2cc(OC)ccc2F)nc(N(C)C)n1. The molecule has 112 valence electrons. The molecule has 2 aromatic rings. The monoisotopic (exact) mass is 292 g/mol. The lowest BCUT2D eigenvalue weighted by atomic mass is 10.3. The van der Waals surface area contributed by atoms with Crippen molar-refractivity contribution in [2.24, 2.45) is 0 Å². The number of hydrogen-bond donors (Lipinski definition) is 2. The number of nitrogens with one attached hydrogen (secondary N) is 2. The summed E-state index contributed by atoms with van der Waals surface area (Å²) >= 11 is 0. The van der Waals surface area contributed by atoms with Crippen LogP contribution in [0.25, 0.3) is 0 Å². The van der Waals surface area contributed by atoms with Gasteiger partial charge in [0.25, 0.3) is 0 Å². The molecule has 2 N–H and O–H groups in total. The van der Waals surface area contributed by atoms with E-state index in [-0.39, 0.29) is 11.6 Å². The maximum atomic E-state index is 13.8. The maximum absolute atomic E-state index is 13.8. The Balaban J connectivity index is 2.36. The fourth-order valence-electron chi connectivity index (χ4n) is 1.58. The van der Waals surface area contributed by atoms with Gasteiger partial charge in [-0.15, -0.1) is 0 Å². The van der Waals surface area contributed by atoms with Gasteiger partial charge in [-0.05, 0) is 12.1 Å². The van der Waals surface area contributed by atoms with Crippen LogP contribution >= 0.6 is 0 Å². The molecule has 1 heterocycles. The van der Waals surface area contributed by atoms with E-state index in [4.69, 9.17) is 4.74 Å². The van der Waals surface area contributed by atoms with Gasteiger partial charge in [0.2, 0.25) is 17.8 Å². The normalized spacial score (nSPS) is 10.1. The number of benzene rings is 1. The van der Waals surface area contributed by atoms with Crippen molar-refractivity contribution in [1.82, 2.24) is 15.0 Å². The smallest absolute Gasteiger partial charge is 0.233 e. The average Bonchev–Trinajstić information content (AvgIpc) is 2.49. The summed E-state index contributed by atoms with van der Waals surface area (Å²) in [6.07, 6.45) is 0. The van der Waals surface area contributed by atoms with Crippen molar-refractivity contribution in [1.29, 1.82) is 0 Å².